The van der Waals surface area contributed by atoms with E-state index in [1.165, 1.54) is 4.88 Å². The van der Waals surface area contributed by atoms with E-state index in [9.17, 15) is 0 Å². The van der Waals surface area contributed by atoms with Gasteiger partial charge in [0.2, 0.25) is 0 Å². The lowest BCUT2D eigenvalue weighted by atomic mass is 10.1. The fraction of sp³-hybridized carbons (Fsp3) is 0.286. The number of fused-ring (bicyclic) bond motifs is 1. The van der Waals surface area contributed by atoms with E-state index in [0.717, 1.165) is 72.1 Å². The largest absolute Gasteiger partial charge is 0.379 e. The van der Waals surface area contributed by atoms with E-state index >= 15 is 0 Å². The van der Waals surface area contributed by atoms with Gasteiger partial charge in [0.25, 0.3) is 0 Å². The molecular weight excluding hydrogens is 406 g/mol. The first kappa shape index (κ1) is 18.7. The van der Waals surface area contributed by atoms with Crippen molar-refractivity contribution < 1.29 is 4.74 Å². The summed E-state index contributed by atoms with van der Waals surface area (Å²) in [6.45, 7) is 4.53. The van der Waals surface area contributed by atoms with Crippen LogP contribution in [0, 0.1) is 0 Å². The number of ether oxygens (including phenoxy) is 1. The summed E-state index contributed by atoms with van der Waals surface area (Å²) in [4.78, 5) is 12.8. The van der Waals surface area contributed by atoms with E-state index in [2.05, 4.69) is 31.1 Å². The average molecular weight is 426 g/mol. The SMILES string of the molecule is Clc1cccnc1-c1ccc2n[nH]c(Cc3ncc(CN4CCOCC4)s3)c2c1. The van der Waals surface area contributed by atoms with Crippen LogP contribution in [0.3, 0.4) is 0 Å². The number of pyridine rings is 1. The summed E-state index contributed by atoms with van der Waals surface area (Å²) < 4.78 is 5.42. The fourth-order valence-corrected chi connectivity index (χ4v) is 4.78. The zero-order valence-corrected chi connectivity index (χ0v) is 17.3. The van der Waals surface area contributed by atoms with Crippen molar-refractivity contribution in [3.8, 4) is 11.3 Å². The molecule has 0 atom stereocenters. The van der Waals surface area contributed by atoms with Gasteiger partial charge >= 0.3 is 0 Å². The molecule has 0 amide bonds. The highest BCUT2D eigenvalue weighted by Gasteiger charge is 2.15. The zero-order valence-electron chi connectivity index (χ0n) is 15.8. The third kappa shape index (κ3) is 4.04. The molecule has 0 bridgehead atoms. The van der Waals surface area contributed by atoms with Crippen LogP contribution in [0.15, 0.2) is 42.7 Å². The van der Waals surface area contributed by atoms with Crippen molar-refractivity contribution in [1.82, 2.24) is 25.1 Å². The van der Waals surface area contributed by atoms with Crippen LogP contribution in [0.2, 0.25) is 5.02 Å². The molecular formula is C21H20ClN5OS. The molecule has 0 radical (unpaired) electrons. The number of aromatic amines is 1. The molecule has 1 N–H and O–H groups in total. The molecule has 1 aliphatic rings. The van der Waals surface area contributed by atoms with Gasteiger partial charge in [-0.05, 0) is 24.3 Å². The number of nitrogens with one attached hydrogen (secondary N) is 1. The molecule has 4 heterocycles. The Labute approximate surface area is 177 Å². The van der Waals surface area contributed by atoms with Gasteiger partial charge in [-0.2, -0.15) is 5.10 Å². The van der Waals surface area contributed by atoms with Crippen molar-refractivity contribution in [2.45, 2.75) is 13.0 Å². The normalized spacial score (nSPS) is 15.2. The Hall–Kier alpha value is -2.32. The highest BCUT2D eigenvalue weighted by atomic mass is 35.5. The molecule has 148 valence electrons. The molecule has 1 aromatic carbocycles. The van der Waals surface area contributed by atoms with Gasteiger partial charge in [-0.15, -0.1) is 11.3 Å². The number of hydrogen-bond acceptors (Lipinski definition) is 6. The maximum Gasteiger partial charge on any atom is 0.0987 e. The molecule has 6 nitrogen and oxygen atoms in total. The van der Waals surface area contributed by atoms with Gasteiger partial charge in [0.1, 0.15) is 0 Å². The molecule has 0 spiro atoms. The maximum atomic E-state index is 6.33. The standard InChI is InChI=1S/C21H20ClN5OS/c22-17-2-1-5-23-21(17)14-3-4-18-16(10-14)19(26-25-18)11-20-24-12-15(29-20)13-27-6-8-28-9-7-27/h1-5,10,12H,6-9,11,13H2,(H,25,26). The predicted octanol–water partition coefficient (Wildman–Crippen LogP) is 4.16. The second-order valence-corrected chi connectivity index (χ2v) is 8.66. The highest BCUT2D eigenvalue weighted by Crippen LogP contribution is 2.30. The van der Waals surface area contributed by atoms with Gasteiger partial charge in [-0.25, -0.2) is 4.98 Å². The average Bonchev–Trinajstić information content (AvgIpc) is 3.36. The van der Waals surface area contributed by atoms with Gasteiger partial charge in [-0.3, -0.25) is 15.0 Å². The Bertz CT molecular complexity index is 1140. The predicted molar refractivity (Wildman–Crippen MR) is 115 cm³/mol. The number of aromatic nitrogens is 4. The minimum absolute atomic E-state index is 0.643. The second kappa shape index (κ2) is 8.20. The quantitative estimate of drug-likeness (QED) is 0.520. The second-order valence-electron chi connectivity index (χ2n) is 7.05. The lowest BCUT2D eigenvalue weighted by molar-refractivity contribution is 0.0346. The number of thiazole rings is 1. The molecule has 4 aromatic rings. The molecule has 0 saturated carbocycles. The molecule has 3 aromatic heterocycles. The minimum atomic E-state index is 0.643. The number of hydrogen-bond donors (Lipinski definition) is 1. The van der Waals surface area contributed by atoms with E-state index in [1.807, 2.05) is 30.5 Å². The Morgan fingerprint density at radius 3 is 2.93 bits per heavy atom. The molecule has 0 aliphatic carbocycles. The van der Waals surface area contributed by atoms with Crippen molar-refractivity contribution >= 4 is 33.8 Å². The van der Waals surface area contributed by atoms with Crippen LogP contribution in [-0.2, 0) is 17.7 Å². The van der Waals surface area contributed by atoms with Gasteiger partial charge < -0.3 is 4.74 Å². The van der Waals surface area contributed by atoms with Gasteiger partial charge in [-0.1, -0.05) is 17.7 Å². The number of halogens is 1. The van der Waals surface area contributed by atoms with Gasteiger partial charge in [0, 0.05) is 60.0 Å². The van der Waals surface area contributed by atoms with E-state index < -0.39 is 0 Å². The number of morpholine rings is 1. The van der Waals surface area contributed by atoms with Gasteiger partial charge in [0.15, 0.2) is 0 Å². The van der Waals surface area contributed by atoms with Crippen LogP contribution in [0.1, 0.15) is 15.6 Å². The third-order valence-corrected chi connectivity index (χ3v) is 6.36. The van der Waals surface area contributed by atoms with Crippen molar-refractivity contribution in [2.75, 3.05) is 26.3 Å². The summed E-state index contributed by atoms with van der Waals surface area (Å²) >= 11 is 8.09. The van der Waals surface area contributed by atoms with Crippen LogP contribution in [-0.4, -0.2) is 51.4 Å². The number of nitrogens with zero attached hydrogens (tertiary/aromatic N) is 4. The van der Waals surface area contributed by atoms with E-state index in [1.54, 1.807) is 17.5 Å². The summed E-state index contributed by atoms with van der Waals surface area (Å²) in [5.74, 6) is 0. The first-order valence-electron chi connectivity index (χ1n) is 9.58. The lowest BCUT2D eigenvalue weighted by Crippen LogP contribution is -2.35. The Morgan fingerprint density at radius 1 is 1.17 bits per heavy atom. The lowest BCUT2D eigenvalue weighted by Gasteiger charge is -2.25. The van der Waals surface area contributed by atoms with Crippen molar-refractivity contribution in [2.24, 2.45) is 0 Å². The third-order valence-electron chi connectivity index (χ3n) is 5.08. The molecule has 5 rings (SSSR count). The van der Waals surface area contributed by atoms with Crippen LogP contribution in [0.5, 0.6) is 0 Å². The minimum Gasteiger partial charge on any atom is -0.379 e. The number of benzene rings is 1. The maximum absolute atomic E-state index is 6.33. The summed E-state index contributed by atoms with van der Waals surface area (Å²) in [6, 6.07) is 9.80. The monoisotopic (exact) mass is 425 g/mol. The Morgan fingerprint density at radius 2 is 2.07 bits per heavy atom. The summed E-state index contributed by atoms with van der Waals surface area (Å²) in [7, 11) is 0. The Balaban J connectivity index is 1.38. The first-order valence-corrected chi connectivity index (χ1v) is 10.8. The van der Waals surface area contributed by atoms with E-state index in [-0.39, 0.29) is 0 Å². The van der Waals surface area contributed by atoms with E-state index in [0.29, 0.717) is 5.02 Å². The number of H-pyrrole nitrogens is 1. The first-order chi connectivity index (χ1) is 14.3. The zero-order chi connectivity index (χ0) is 19.6. The van der Waals surface area contributed by atoms with Gasteiger partial charge in [0.05, 0.1) is 34.5 Å². The highest BCUT2D eigenvalue weighted by molar-refractivity contribution is 7.11. The summed E-state index contributed by atoms with van der Waals surface area (Å²) in [5.41, 5.74) is 3.75. The van der Waals surface area contributed by atoms with Crippen molar-refractivity contribution in [3.63, 3.8) is 0 Å². The molecule has 1 fully saturated rings. The summed E-state index contributed by atoms with van der Waals surface area (Å²) in [6.07, 6.45) is 4.48. The van der Waals surface area contributed by atoms with Crippen molar-refractivity contribution in [3.05, 3.63) is 63.3 Å². The number of rotatable bonds is 5. The molecule has 29 heavy (non-hydrogen) atoms. The summed E-state index contributed by atoms with van der Waals surface area (Å²) in [5, 5.41) is 10.4. The van der Waals surface area contributed by atoms with Crippen LogP contribution < -0.4 is 0 Å². The molecule has 1 saturated heterocycles. The van der Waals surface area contributed by atoms with Crippen LogP contribution in [0.4, 0.5) is 0 Å². The van der Waals surface area contributed by atoms with Crippen molar-refractivity contribution in [1.29, 1.82) is 0 Å². The Kier molecular flexibility index (Phi) is 5.28. The van der Waals surface area contributed by atoms with Crippen LogP contribution in [0.25, 0.3) is 22.2 Å². The van der Waals surface area contributed by atoms with Crippen LogP contribution >= 0.6 is 22.9 Å². The topological polar surface area (TPSA) is 66.9 Å². The van der Waals surface area contributed by atoms with E-state index in [4.69, 9.17) is 16.3 Å². The molecule has 8 heteroatoms. The fourth-order valence-electron chi connectivity index (χ4n) is 3.58. The molecule has 0 unspecified atom stereocenters. The smallest absolute Gasteiger partial charge is 0.0987 e. The molecule has 1 aliphatic heterocycles.